The molecule has 0 aliphatic rings. The number of ether oxygens (including phenoxy) is 3. The van der Waals surface area contributed by atoms with Crippen LogP contribution in [0.2, 0.25) is 0 Å². The summed E-state index contributed by atoms with van der Waals surface area (Å²) in [5, 5.41) is 0.942. The molecule has 0 radical (unpaired) electrons. The number of nitrogens with zero attached hydrogens (tertiary/aromatic N) is 1. The molecule has 0 saturated carbocycles. The van der Waals surface area contributed by atoms with Gasteiger partial charge in [0.05, 0.1) is 7.11 Å². The van der Waals surface area contributed by atoms with E-state index in [0.717, 1.165) is 10.9 Å². The minimum atomic E-state index is -1.27. The van der Waals surface area contributed by atoms with Gasteiger partial charge in [-0.15, -0.1) is 0 Å². The number of carbonyl (C=O) groups is 3. The summed E-state index contributed by atoms with van der Waals surface area (Å²) >= 11 is 0. The molecule has 1 N–H and O–H groups in total. The first-order valence-corrected chi connectivity index (χ1v) is 9.70. The number of nitrogens with one attached hydrogen (secondary N) is 1. The van der Waals surface area contributed by atoms with E-state index >= 15 is 0 Å². The van der Waals surface area contributed by atoms with Crippen LogP contribution in [0.1, 0.15) is 47.2 Å². The number of para-hydroxylation sites is 1. The van der Waals surface area contributed by atoms with Gasteiger partial charge >= 0.3 is 18.2 Å². The summed E-state index contributed by atoms with van der Waals surface area (Å²) in [6.45, 7) is 10.0. The number of hydrogen-bond donors (Lipinski definition) is 1. The van der Waals surface area contributed by atoms with Gasteiger partial charge in [-0.2, -0.15) is 4.90 Å². The number of carbonyl (C=O) groups excluding carboxylic acids is 3. The molecule has 0 unspecified atom stereocenters. The summed E-state index contributed by atoms with van der Waals surface area (Å²) in [6, 6.07) is 8.17. The molecule has 1 aromatic heterocycles. The average molecular weight is 418 g/mol. The van der Waals surface area contributed by atoms with Crippen LogP contribution in [-0.4, -0.2) is 52.4 Å². The van der Waals surface area contributed by atoms with Crippen LogP contribution >= 0.6 is 0 Å². The minimum absolute atomic E-state index is 0.0137. The van der Waals surface area contributed by atoms with Crippen LogP contribution in [-0.2, 0) is 25.4 Å². The van der Waals surface area contributed by atoms with Gasteiger partial charge in [0, 0.05) is 17.6 Å². The molecule has 2 amide bonds. The molecule has 1 aromatic carbocycles. The fourth-order valence-corrected chi connectivity index (χ4v) is 2.82. The monoisotopic (exact) mass is 418 g/mol. The number of hydrogen-bond acceptors (Lipinski definition) is 6. The van der Waals surface area contributed by atoms with Crippen molar-refractivity contribution in [3.8, 4) is 0 Å². The van der Waals surface area contributed by atoms with Crippen LogP contribution in [0, 0.1) is 0 Å². The number of rotatable bonds is 4. The quantitative estimate of drug-likeness (QED) is 0.583. The van der Waals surface area contributed by atoms with E-state index in [1.54, 1.807) is 41.5 Å². The zero-order valence-corrected chi connectivity index (χ0v) is 18.6. The van der Waals surface area contributed by atoms with E-state index < -0.39 is 35.4 Å². The smallest absolute Gasteiger partial charge is 0.420 e. The molecule has 164 valence electrons. The van der Waals surface area contributed by atoms with E-state index in [0.29, 0.717) is 10.6 Å². The van der Waals surface area contributed by atoms with E-state index in [4.69, 9.17) is 14.2 Å². The fourth-order valence-electron chi connectivity index (χ4n) is 2.82. The number of amides is 2. The van der Waals surface area contributed by atoms with Gasteiger partial charge in [-0.3, -0.25) is 0 Å². The Morgan fingerprint density at radius 3 is 1.97 bits per heavy atom. The second-order valence-electron chi connectivity index (χ2n) is 8.96. The molecule has 0 aliphatic heterocycles. The molecule has 0 saturated heterocycles. The Kier molecular flexibility index (Phi) is 6.80. The molecule has 8 heteroatoms. The third-order valence-corrected chi connectivity index (χ3v) is 3.96. The minimum Gasteiger partial charge on any atom is -0.467 e. The molecule has 0 aliphatic carbocycles. The van der Waals surface area contributed by atoms with Crippen LogP contribution in [0.5, 0.6) is 0 Å². The van der Waals surface area contributed by atoms with Gasteiger partial charge in [0.15, 0.2) is 0 Å². The first kappa shape index (κ1) is 23.3. The van der Waals surface area contributed by atoms with Gasteiger partial charge < -0.3 is 19.2 Å². The molecule has 1 heterocycles. The topological polar surface area (TPSA) is 97.9 Å². The molecule has 0 bridgehead atoms. The summed E-state index contributed by atoms with van der Waals surface area (Å²) in [4.78, 5) is 42.3. The number of fused-ring (bicyclic) bond motifs is 1. The average Bonchev–Trinajstić information content (AvgIpc) is 2.99. The zero-order valence-electron chi connectivity index (χ0n) is 18.6. The maximum absolute atomic E-state index is 12.9. The van der Waals surface area contributed by atoms with Crippen LogP contribution in [0.25, 0.3) is 10.9 Å². The number of imide groups is 1. The lowest BCUT2D eigenvalue weighted by Gasteiger charge is -2.32. The number of methoxy groups -OCH3 is 1. The lowest BCUT2D eigenvalue weighted by atomic mass is 10.1. The molecule has 30 heavy (non-hydrogen) atoms. The van der Waals surface area contributed by atoms with Crippen molar-refractivity contribution in [3.63, 3.8) is 0 Å². The largest absolute Gasteiger partial charge is 0.467 e. The normalized spacial score (nSPS) is 12.9. The SMILES string of the molecule is COC(=O)[C@H](Cc1cc2ccccc2[nH]1)N(C(=O)OC(C)(C)C)C(=O)OC(C)(C)C. The van der Waals surface area contributed by atoms with Crippen molar-refractivity contribution < 1.29 is 28.6 Å². The zero-order chi connectivity index (χ0) is 22.7. The number of aromatic nitrogens is 1. The number of H-pyrrole nitrogens is 1. The first-order chi connectivity index (χ1) is 13.8. The Balaban J connectivity index is 2.44. The first-order valence-electron chi connectivity index (χ1n) is 9.70. The third kappa shape index (κ3) is 6.23. The molecule has 2 aromatic rings. The number of esters is 1. The summed E-state index contributed by atoms with van der Waals surface area (Å²) in [6.07, 6.45) is -1.95. The number of aromatic amines is 1. The van der Waals surface area contributed by atoms with Crippen molar-refractivity contribution in [2.24, 2.45) is 0 Å². The van der Waals surface area contributed by atoms with Gasteiger partial charge in [-0.05, 0) is 59.1 Å². The van der Waals surface area contributed by atoms with Crippen molar-refractivity contribution in [1.82, 2.24) is 9.88 Å². The summed E-state index contributed by atoms with van der Waals surface area (Å²) in [5.74, 6) is -0.759. The standard InChI is InChI=1S/C22H30N2O6/c1-21(2,3)29-19(26)24(20(27)30-22(4,5)6)17(18(25)28-7)13-15-12-14-10-8-9-11-16(14)23-15/h8-12,17,23H,13H2,1-7H3/t17-/m0/s1. The second-order valence-corrected chi connectivity index (χ2v) is 8.96. The van der Waals surface area contributed by atoms with Crippen LogP contribution in [0.15, 0.2) is 30.3 Å². The van der Waals surface area contributed by atoms with Crippen molar-refractivity contribution in [2.75, 3.05) is 7.11 Å². The van der Waals surface area contributed by atoms with Crippen molar-refractivity contribution in [3.05, 3.63) is 36.0 Å². The Bertz CT molecular complexity index is 859. The van der Waals surface area contributed by atoms with Crippen molar-refractivity contribution in [2.45, 2.75) is 65.2 Å². The predicted octanol–water partition coefficient (Wildman–Crippen LogP) is 4.42. The van der Waals surface area contributed by atoms with Crippen LogP contribution in [0.4, 0.5) is 9.59 Å². The Morgan fingerprint density at radius 1 is 0.967 bits per heavy atom. The summed E-state index contributed by atoms with van der Waals surface area (Å²) in [5.41, 5.74) is -0.223. The summed E-state index contributed by atoms with van der Waals surface area (Å²) in [7, 11) is 1.20. The predicted molar refractivity (Wildman–Crippen MR) is 112 cm³/mol. The fraction of sp³-hybridized carbons (Fsp3) is 0.500. The van der Waals surface area contributed by atoms with Crippen molar-refractivity contribution >= 4 is 29.1 Å². The maximum atomic E-state index is 12.9. The van der Waals surface area contributed by atoms with Crippen LogP contribution < -0.4 is 0 Å². The molecular formula is C22H30N2O6. The van der Waals surface area contributed by atoms with Gasteiger partial charge in [0.1, 0.15) is 17.2 Å². The van der Waals surface area contributed by atoms with E-state index in [2.05, 4.69) is 4.98 Å². The highest BCUT2D eigenvalue weighted by Crippen LogP contribution is 2.22. The third-order valence-electron chi connectivity index (χ3n) is 3.96. The molecular weight excluding hydrogens is 388 g/mol. The van der Waals surface area contributed by atoms with Gasteiger partial charge in [-0.25, -0.2) is 14.4 Å². The highest BCUT2D eigenvalue weighted by molar-refractivity contribution is 5.94. The molecule has 8 nitrogen and oxygen atoms in total. The van der Waals surface area contributed by atoms with E-state index in [-0.39, 0.29) is 6.42 Å². The highest BCUT2D eigenvalue weighted by atomic mass is 16.6. The molecule has 2 rings (SSSR count). The Morgan fingerprint density at radius 2 is 1.50 bits per heavy atom. The number of benzene rings is 1. The van der Waals surface area contributed by atoms with Crippen LogP contribution in [0.3, 0.4) is 0 Å². The molecule has 1 atom stereocenters. The molecule has 0 spiro atoms. The lowest BCUT2D eigenvalue weighted by Crippen LogP contribution is -2.53. The van der Waals surface area contributed by atoms with E-state index in [9.17, 15) is 14.4 Å². The van der Waals surface area contributed by atoms with E-state index in [1.165, 1.54) is 7.11 Å². The summed E-state index contributed by atoms with van der Waals surface area (Å²) < 4.78 is 15.6. The van der Waals surface area contributed by atoms with Gasteiger partial charge in [-0.1, -0.05) is 18.2 Å². The van der Waals surface area contributed by atoms with Gasteiger partial charge in [0.2, 0.25) is 0 Å². The Hall–Kier alpha value is -3.03. The Labute approximate surface area is 176 Å². The highest BCUT2D eigenvalue weighted by Gasteiger charge is 2.41. The second kappa shape index (κ2) is 8.77. The maximum Gasteiger partial charge on any atom is 0.420 e. The van der Waals surface area contributed by atoms with Crippen molar-refractivity contribution in [1.29, 1.82) is 0 Å². The van der Waals surface area contributed by atoms with Gasteiger partial charge in [0.25, 0.3) is 0 Å². The molecule has 0 fully saturated rings. The lowest BCUT2D eigenvalue weighted by molar-refractivity contribution is -0.146. The van der Waals surface area contributed by atoms with E-state index in [1.807, 2.05) is 30.3 Å².